The molecule has 1 amide bonds. The van der Waals surface area contributed by atoms with Crippen LogP contribution in [0.5, 0.6) is 0 Å². The fourth-order valence-corrected chi connectivity index (χ4v) is 4.09. The minimum atomic E-state index is -3.75. The predicted octanol–water partition coefficient (Wildman–Crippen LogP) is 3.23. The number of ether oxygens (including phenoxy) is 1. The van der Waals surface area contributed by atoms with Gasteiger partial charge in [-0.15, -0.1) is 0 Å². The summed E-state index contributed by atoms with van der Waals surface area (Å²) in [5.74, 6) is -1.29. The average Bonchev–Trinajstić information content (AvgIpc) is 2.72. The maximum absolute atomic E-state index is 12.6. The van der Waals surface area contributed by atoms with E-state index in [4.69, 9.17) is 16.3 Å². The topological polar surface area (TPSA) is 92.8 Å². The molecule has 0 aliphatic carbocycles. The average molecular weight is 453 g/mol. The van der Waals surface area contributed by atoms with Crippen molar-refractivity contribution in [3.8, 4) is 0 Å². The predicted molar refractivity (Wildman–Crippen MR) is 115 cm³/mol. The van der Waals surface area contributed by atoms with Crippen LogP contribution in [0.1, 0.15) is 36.7 Å². The number of halogens is 1. The lowest BCUT2D eigenvalue weighted by molar-refractivity contribution is -0.129. The highest BCUT2D eigenvalue weighted by Gasteiger charge is 2.25. The molecular formula is C21H25ClN2O5S. The van der Waals surface area contributed by atoms with Gasteiger partial charge in [0.05, 0.1) is 10.5 Å². The Hall–Kier alpha value is -2.42. The Labute approximate surface area is 182 Å². The number of hydrogen-bond acceptors (Lipinski definition) is 5. The number of sulfonamides is 1. The monoisotopic (exact) mass is 452 g/mol. The number of nitrogens with zero attached hydrogens (tertiary/aromatic N) is 1. The molecule has 9 heteroatoms. The van der Waals surface area contributed by atoms with E-state index in [1.54, 1.807) is 38.1 Å². The van der Waals surface area contributed by atoms with Crippen LogP contribution in [-0.2, 0) is 26.1 Å². The zero-order chi connectivity index (χ0) is 22.5. The highest BCUT2D eigenvalue weighted by atomic mass is 35.5. The fourth-order valence-electron chi connectivity index (χ4n) is 2.48. The second-order valence-corrected chi connectivity index (χ2v) is 9.40. The van der Waals surface area contributed by atoms with Crippen molar-refractivity contribution >= 4 is 33.5 Å². The Kier molecular flexibility index (Phi) is 8.00. The third kappa shape index (κ3) is 5.81. The van der Waals surface area contributed by atoms with Crippen molar-refractivity contribution in [3.05, 3.63) is 64.7 Å². The largest absolute Gasteiger partial charge is 0.449 e. The summed E-state index contributed by atoms with van der Waals surface area (Å²) >= 11 is 6.06. The van der Waals surface area contributed by atoms with Crippen LogP contribution >= 0.6 is 11.6 Å². The van der Waals surface area contributed by atoms with E-state index in [-0.39, 0.29) is 23.0 Å². The van der Waals surface area contributed by atoms with Gasteiger partial charge in [0.15, 0.2) is 6.10 Å². The Morgan fingerprint density at radius 2 is 1.77 bits per heavy atom. The summed E-state index contributed by atoms with van der Waals surface area (Å²) in [5, 5.41) is 3.18. The summed E-state index contributed by atoms with van der Waals surface area (Å²) < 4.78 is 31.7. The van der Waals surface area contributed by atoms with Crippen molar-refractivity contribution in [2.75, 3.05) is 7.05 Å². The molecule has 1 unspecified atom stereocenters. The van der Waals surface area contributed by atoms with Crippen LogP contribution in [0.25, 0.3) is 0 Å². The molecule has 2 aromatic rings. The number of nitrogens with one attached hydrogen (secondary N) is 1. The van der Waals surface area contributed by atoms with E-state index in [0.717, 1.165) is 5.56 Å². The number of amides is 1. The molecule has 7 nitrogen and oxygen atoms in total. The normalized spacial score (nSPS) is 12.6. The highest BCUT2D eigenvalue weighted by Crippen LogP contribution is 2.19. The Balaban J connectivity index is 2.05. The molecule has 0 aromatic heterocycles. The van der Waals surface area contributed by atoms with Crippen molar-refractivity contribution in [1.82, 2.24) is 9.62 Å². The second kappa shape index (κ2) is 10.1. The van der Waals surface area contributed by atoms with E-state index < -0.39 is 28.0 Å². The van der Waals surface area contributed by atoms with Crippen LogP contribution in [0.2, 0.25) is 5.02 Å². The van der Waals surface area contributed by atoms with Crippen molar-refractivity contribution in [3.63, 3.8) is 0 Å². The molecule has 1 N–H and O–H groups in total. The van der Waals surface area contributed by atoms with Gasteiger partial charge < -0.3 is 10.1 Å². The minimum absolute atomic E-state index is 0.0241. The van der Waals surface area contributed by atoms with E-state index in [2.05, 4.69) is 5.32 Å². The van der Waals surface area contributed by atoms with Crippen molar-refractivity contribution < 1.29 is 22.7 Å². The number of benzene rings is 2. The van der Waals surface area contributed by atoms with E-state index in [9.17, 15) is 18.0 Å². The van der Waals surface area contributed by atoms with Crippen LogP contribution in [0.3, 0.4) is 0 Å². The smallest absolute Gasteiger partial charge is 0.338 e. The molecule has 0 radical (unpaired) electrons. The number of esters is 1. The van der Waals surface area contributed by atoms with Gasteiger partial charge in [-0.25, -0.2) is 13.2 Å². The van der Waals surface area contributed by atoms with Crippen LogP contribution in [-0.4, -0.2) is 43.8 Å². The number of rotatable bonds is 8. The van der Waals surface area contributed by atoms with E-state index in [1.165, 1.54) is 42.5 Å². The Morgan fingerprint density at radius 3 is 2.40 bits per heavy atom. The summed E-state index contributed by atoms with van der Waals surface area (Å²) in [6, 6.07) is 12.4. The molecular weight excluding hydrogens is 428 g/mol. The Bertz CT molecular complexity index is 1020. The first-order valence-corrected chi connectivity index (χ1v) is 11.2. The summed E-state index contributed by atoms with van der Waals surface area (Å²) in [6.45, 7) is 5.12. The zero-order valence-corrected chi connectivity index (χ0v) is 18.8. The fraction of sp³-hybridized carbons (Fsp3) is 0.333. The van der Waals surface area contributed by atoms with Gasteiger partial charge in [0.1, 0.15) is 0 Å². The van der Waals surface area contributed by atoms with Gasteiger partial charge in [-0.2, -0.15) is 4.31 Å². The first kappa shape index (κ1) is 23.9. The molecule has 2 aromatic carbocycles. The molecule has 0 spiro atoms. The molecule has 0 aliphatic heterocycles. The SMILES string of the molecule is CC(OC(=O)c1cccc(S(=O)(=O)N(C)C(C)C)c1)C(=O)NCc1ccccc1Cl. The molecule has 2 rings (SSSR count). The lowest BCUT2D eigenvalue weighted by Crippen LogP contribution is -2.35. The third-order valence-electron chi connectivity index (χ3n) is 4.54. The number of carbonyl (C=O) groups is 2. The summed E-state index contributed by atoms with van der Waals surface area (Å²) in [4.78, 5) is 24.7. The minimum Gasteiger partial charge on any atom is -0.449 e. The standard InChI is InChI=1S/C21H25ClN2O5S/c1-14(2)24(4)30(27,28)18-10-7-9-16(12-18)21(26)29-15(3)20(25)23-13-17-8-5-6-11-19(17)22/h5-12,14-15H,13H2,1-4H3,(H,23,25). The van der Waals surface area contributed by atoms with Crippen LogP contribution in [0, 0.1) is 0 Å². The summed E-state index contributed by atoms with van der Waals surface area (Å²) in [7, 11) is -2.28. The molecule has 0 bridgehead atoms. The molecule has 0 saturated heterocycles. The van der Waals surface area contributed by atoms with Crippen molar-refractivity contribution in [2.24, 2.45) is 0 Å². The van der Waals surface area contributed by atoms with Gasteiger partial charge >= 0.3 is 5.97 Å². The maximum atomic E-state index is 12.6. The maximum Gasteiger partial charge on any atom is 0.338 e. The molecule has 0 aliphatic rings. The van der Waals surface area contributed by atoms with Crippen LogP contribution in [0.4, 0.5) is 0 Å². The third-order valence-corrected chi connectivity index (χ3v) is 6.94. The lowest BCUT2D eigenvalue weighted by Gasteiger charge is -2.21. The molecule has 0 saturated carbocycles. The van der Waals surface area contributed by atoms with Gasteiger partial charge in [-0.05, 0) is 50.6 Å². The summed E-state index contributed by atoms with van der Waals surface area (Å²) in [6.07, 6.45) is -1.07. The lowest BCUT2D eigenvalue weighted by atomic mass is 10.2. The quantitative estimate of drug-likeness (QED) is 0.620. The first-order valence-electron chi connectivity index (χ1n) is 9.34. The first-order chi connectivity index (χ1) is 14.0. The van der Waals surface area contributed by atoms with Gasteiger partial charge in [0, 0.05) is 24.7 Å². The molecule has 162 valence electrons. The van der Waals surface area contributed by atoms with E-state index in [0.29, 0.717) is 5.02 Å². The van der Waals surface area contributed by atoms with Crippen LogP contribution < -0.4 is 5.32 Å². The van der Waals surface area contributed by atoms with Crippen LogP contribution in [0.15, 0.2) is 53.4 Å². The summed E-state index contributed by atoms with van der Waals surface area (Å²) in [5.41, 5.74) is 0.775. The molecule has 1 atom stereocenters. The zero-order valence-electron chi connectivity index (χ0n) is 17.3. The van der Waals surface area contributed by atoms with Gasteiger partial charge in [0.2, 0.25) is 10.0 Å². The highest BCUT2D eigenvalue weighted by molar-refractivity contribution is 7.89. The van der Waals surface area contributed by atoms with Crippen molar-refractivity contribution in [1.29, 1.82) is 0 Å². The Morgan fingerprint density at radius 1 is 1.10 bits per heavy atom. The van der Waals surface area contributed by atoms with Gasteiger partial charge in [0.25, 0.3) is 5.91 Å². The van der Waals surface area contributed by atoms with Gasteiger partial charge in [-0.1, -0.05) is 35.9 Å². The molecule has 0 heterocycles. The van der Waals surface area contributed by atoms with Gasteiger partial charge in [-0.3, -0.25) is 4.79 Å². The number of hydrogen-bond donors (Lipinski definition) is 1. The molecule has 30 heavy (non-hydrogen) atoms. The van der Waals surface area contributed by atoms with E-state index in [1.807, 2.05) is 0 Å². The van der Waals surface area contributed by atoms with Crippen molar-refractivity contribution in [2.45, 2.75) is 44.4 Å². The van der Waals surface area contributed by atoms with E-state index >= 15 is 0 Å². The number of carbonyl (C=O) groups excluding carboxylic acids is 2. The second-order valence-electron chi connectivity index (χ2n) is 7.00. The molecule has 0 fully saturated rings.